The van der Waals surface area contributed by atoms with Gasteiger partial charge in [0.05, 0.1) is 12.3 Å². The number of rotatable bonds is 5. The molecule has 1 fully saturated rings. The van der Waals surface area contributed by atoms with Crippen molar-refractivity contribution < 1.29 is 8.42 Å². The van der Waals surface area contributed by atoms with E-state index in [1.165, 1.54) is 12.8 Å². The van der Waals surface area contributed by atoms with Gasteiger partial charge in [0.15, 0.2) is 9.84 Å². The van der Waals surface area contributed by atoms with Gasteiger partial charge in [-0.3, -0.25) is 10.4 Å². The lowest BCUT2D eigenvalue weighted by Gasteiger charge is -2.14. The lowest BCUT2D eigenvalue weighted by molar-refractivity contribution is 0.596. The number of nitrogens with two attached hydrogens (primary N) is 1. The zero-order chi connectivity index (χ0) is 12.7. The third kappa shape index (κ3) is 5.36. The Balaban J connectivity index is 2.38. The van der Waals surface area contributed by atoms with Crippen molar-refractivity contribution in [2.45, 2.75) is 38.6 Å². The molecule has 0 heterocycles. The molecule has 0 atom stereocenters. The third-order valence-corrected chi connectivity index (χ3v) is 4.63. The Morgan fingerprint density at radius 2 is 2.06 bits per heavy atom. The summed E-state index contributed by atoms with van der Waals surface area (Å²) in [5.74, 6) is 6.06. The van der Waals surface area contributed by atoms with Crippen LogP contribution in [0.5, 0.6) is 0 Å². The second kappa shape index (κ2) is 6.80. The van der Waals surface area contributed by atoms with Crippen LogP contribution in [0.2, 0.25) is 0 Å². The molecule has 1 rings (SSSR count). The molecular formula is C10H22N4O2S. The average Bonchev–Trinajstić information content (AvgIpc) is 2.80. The lowest BCUT2D eigenvalue weighted by Crippen LogP contribution is -2.45. The van der Waals surface area contributed by atoms with E-state index >= 15 is 0 Å². The van der Waals surface area contributed by atoms with Gasteiger partial charge in [0.2, 0.25) is 5.96 Å². The Bertz CT molecular complexity index is 347. The molecule has 100 valence electrons. The molecule has 0 amide bonds. The highest BCUT2D eigenvalue weighted by Gasteiger charge is 2.15. The van der Waals surface area contributed by atoms with E-state index in [-0.39, 0.29) is 18.1 Å². The highest BCUT2D eigenvalue weighted by Crippen LogP contribution is 2.17. The maximum absolute atomic E-state index is 11.3. The molecule has 6 nitrogen and oxygen atoms in total. The smallest absolute Gasteiger partial charge is 0.205 e. The molecule has 4 N–H and O–H groups in total. The highest BCUT2D eigenvalue weighted by molar-refractivity contribution is 7.91. The minimum atomic E-state index is -2.95. The van der Waals surface area contributed by atoms with E-state index in [2.05, 4.69) is 15.7 Å². The van der Waals surface area contributed by atoms with E-state index in [1.54, 1.807) is 6.92 Å². The molecule has 0 saturated heterocycles. The molecule has 0 aromatic carbocycles. The summed E-state index contributed by atoms with van der Waals surface area (Å²) in [5.41, 5.74) is 2.48. The first kappa shape index (κ1) is 14.2. The zero-order valence-corrected chi connectivity index (χ0v) is 11.1. The number of guanidine groups is 1. The molecule has 0 unspecified atom stereocenters. The second-order valence-corrected chi connectivity index (χ2v) is 6.71. The highest BCUT2D eigenvalue weighted by atomic mass is 32.2. The van der Waals surface area contributed by atoms with Crippen LogP contribution in [0.25, 0.3) is 0 Å². The van der Waals surface area contributed by atoms with Crippen molar-refractivity contribution in [1.29, 1.82) is 0 Å². The Hall–Kier alpha value is -0.820. The summed E-state index contributed by atoms with van der Waals surface area (Å²) in [6.45, 7) is 1.88. The molecule has 0 aromatic heterocycles. The van der Waals surface area contributed by atoms with Gasteiger partial charge in [-0.2, -0.15) is 0 Å². The lowest BCUT2D eigenvalue weighted by atomic mass is 10.2. The van der Waals surface area contributed by atoms with Crippen molar-refractivity contribution >= 4 is 15.8 Å². The molecule has 17 heavy (non-hydrogen) atoms. The summed E-state index contributed by atoms with van der Waals surface area (Å²) in [5, 5.41) is 3.19. The quantitative estimate of drug-likeness (QED) is 0.275. The Morgan fingerprint density at radius 3 is 2.59 bits per heavy atom. The summed E-state index contributed by atoms with van der Waals surface area (Å²) < 4.78 is 22.5. The predicted octanol–water partition coefficient (Wildman–Crippen LogP) is -0.227. The van der Waals surface area contributed by atoms with Crippen molar-refractivity contribution in [3.8, 4) is 0 Å². The van der Waals surface area contributed by atoms with E-state index in [9.17, 15) is 8.42 Å². The maximum atomic E-state index is 11.3. The standard InChI is InChI=1S/C10H22N4O2S/c1-2-17(15,16)8-7-12-10(14-11)13-9-5-3-4-6-9/h9H,2-8,11H2,1H3,(H2,12,13,14). The average molecular weight is 262 g/mol. The first-order valence-electron chi connectivity index (χ1n) is 6.05. The van der Waals surface area contributed by atoms with Crippen LogP contribution in [0.1, 0.15) is 32.6 Å². The van der Waals surface area contributed by atoms with Gasteiger partial charge < -0.3 is 5.32 Å². The predicted molar refractivity (Wildman–Crippen MR) is 69.3 cm³/mol. The number of hydrazine groups is 1. The molecular weight excluding hydrogens is 240 g/mol. The van der Waals surface area contributed by atoms with E-state index in [0.717, 1.165) is 12.8 Å². The second-order valence-electron chi connectivity index (χ2n) is 4.24. The normalized spacial score (nSPS) is 18.4. The summed E-state index contributed by atoms with van der Waals surface area (Å²) in [7, 11) is -2.95. The van der Waals surface area contributed by atoms with Crippen molar-refractivity contribution in [3.05, 3.63) is 0 Å². The fourth-order valence-electron chi connectivity index (χ4n) is 1.84. The molecule has 0 radical (unpaired) electrons. The number of aliphatic imine (C=N–C) groups is 1. The summed E-state index contributed by atoms with van der Waals surface area (Å²) in [6, 6.07) is 0.410. The Kier molecular flexibility index (Phi) is 5.70. The van der Waals surface area contributed by atoms with Crippen LogP contribution in [0.3, 0.4) is 0 Å². The van der Waals surface area contributed by atoms with Crippen LogP contribution in [0.4, 0.5) is 0 Å². The molecule has 0 aromatic rings. The van der Waals surface area contributed by atoms with Crippen molar-refractivity contribution in [2.24, 2.45) is 10.8 Å². The topological polar surface area (TPSA) is 96.6 Å². The van der Waals surface area contributed by atoms with Crippen LogP contribution in [-0.2, 0) is 9.84 Å². The molecule has 7 heteroatoms. The van der Waals surface area contributed by atoms with Crippen LogP contribution in [0, 0.1) is 0 Å². The SMILES string of the molecule is CCS(=O)(=O)CCN=C(NN)NC1CCCC1. The molecule has 1 saturated carbocycles. The van der Waals surface area contributed by atoms with Crippen molar-refractivity contribution in [2.75, 3.05) is 18.1 Å². The zero-order valence-electron chi connectivity index (χ0n) is 10.3. The van der Waals surface area contributed by atoms with Gasteiger partial charge >= 0.3 is 0 Å². The van der Waals surface area contributed by atoms with Crippen molar-refractivity contribution in [3.63, 3.8) is 0 Å². The number of nitrogens with zero attached hydrogens (tertiary/aromatic N) is 1. The van der Waals surface area contributed by atoms with E-state index in [0.29, 0.717) is 12.0 Å². The van der Waals surface area contributed by atoms with Crippen molar-refractivity contribution in [1.82, 2.24) is 10.7 Å². The molecule has 1 aliphatic carbocycles. The fourth-order valence-corrected chi connectivity index (χ4v) is 2.50. The minimum absolute atomic E-state index is 0.0705. The van der Waals surface area contributed by atoms with E-state index < -0.39 is 9.84 Å². The number of hydrogen-bond donors (Lipinski definition) is 3. The van der Waals surface area contributed by atoms with E-state index in [4.69, 9.17) is 5.84 Å². The van der Waals surface area contributed by atoms with Crippen LogP contribution in [-0.4, -0.2) is 38.5 Å². The summed E-state index contributed by atoms with van der Waals surface area (Å²) in [6.07, 6.45) is 4.68. The molecule has 0 aliphatic heterocycles. The van der Waals surface area contributed by atoms with E-state index in [1.807, 2.05) is 0 Å². The van der Waals surface area contributed by atoms with Gasteiger partial charge in [-0.15, -0.1) is 0 Å². The first-order chi connectivity index (χ1) is 8.07. The Labute approximate surface area is 103 Å². The third-order valence-electron chi connectivity index (χ3n) is 2.94. The maximum Gasteiger partial charge on any atom is 0.205 e. The molecule has 1 aliphatic rings. The van der Waals surface area contributed by atoms with Gasteiger partial charge in [-0.1, -0.05) is 19.8 Å². The summed E-state index contributed by atoms with van der Waals surface area (Å²) >= 11 is 0. The Morgan fingerprint density at radius 1 is 1.41 bits per heavy atom. The number of sulfone groups is 1. The number of hydrogen-bond acceptors (Lipinski definition) is 4. The molecule has 0 bridgehead atoms. The fraction of sp³-hybridized carbons (Fsp3) is 0.900. The first-order valence-corrected chi connectivity index (χ1v) is 7.87. The number of nitrogens with one attached hydrogen (secondary N) is 2. The van der Waals surface area contributed by atoms with Crippen LogP contribution in [0.15, 0.2) is 4.99 Å². The van der Waals surface area contributed by atoms with Crippen LogP contribution >= 0.6 is 0 Å². The minimum Gasteiger partial charge on any atom is -0.353 e. The molecule has 0 spiro atoms. The van der Waals surface area contributed by atoms with Crippen LogP contribution < -0.4 is 16.6 Å². The monoisotopic (exact) mass is 262 g/mol. The van der Waals surface area contributed by atoms with Gasteiger partial charge in [0.25, 0.3) is 0 Å². The van der Waals surface area contributed by atoms with Gasteiger partial charge in [-0.05, 0) is 12.8 Å². The summed E-state index contributed by atoms with van der Waals surface area (Å²) in [4.78, 5) is 4.13. The van der Waals surface area contributed by atoms with Gasteiger partial charge in [0, 0.05) is 11.8 Å². The largest absolute Gasteiger partial charge is 0.353 e. The van der Waals surface area contributed by atoms with Gasteiger partial charge in [-0.25, -0.2) is 14.3 Å². The van der Waals surface area contributed by atoms with Gasteiger partial charge in [0.1, 0.15) is 0 Å².